The zero-order chi connectivity index (χ0) is 24.2. The van der Waals surface area contributed by atoms with Gasteiger partial charge in [0.15, 0.2) is 0 Å². The second-order valence-electron chi connectivity index (χ2n) is 7.39. The third-order valence-corrected chi connectivity index (χ3v) is 6.58. The standard InChI is InChI=1S/C23H21F3N2O4S/c1-3-16-7-6-10-19(12-16)33(30,31)27-20-13-28(22(29)4-2)14-21(20)32-15-17-8-5-9-18(11-17)23(24,25)26/h1,4-12,20-21,27H,2,13-15H2/t20-,21-/m1/s1. The van der Waals surface area contributed by atoms with E-state index < -0.39 is 39.8 Å². The lowest BCUT2D eigenvalue weighted by Gasteiger charge is -2.20. The first-order chi connectivity index (χ1) is 15.5. The topological polar surface area (TPSA) is 75.7 Å². The summed E-state index contributed by atoms with van der Waals surface area (Å²) in [5.41, 5.74) is -0.170. The summed E-state index contributed by atoms with van der Waals surface area (Å²) in [4.78, 5) is 13.4. The highest BCUT2D eigenvalue weighted by Gasteiger charge is 2.38. The summed E-state index contributed by atoms with van der Waals surface area (Å²) < 4.78 is 73.0. The molecule has 2 aromatic rings. The van der Waals surface area contributed by atoms with Gasteiger partial charge in [-0.2, -0.15) is 13.2 Å². The molecule has 0 bridgehead atoms. The van der Waals surface area contributed by atoms with Crippen molar-refractivity contribution >= 4 is 15.9 Å². The molecule has 2 aromatic carbocycles. The molecule has 0 aliphatic carbocycles. The number of hydrogen-bond acceptors (Lipinski definition) is 4. The molecule has 1 heterocycles. The first-order valence-corrected chi connectivity index (χ1v) is 11.3. The van der Waals surface area contributed by atoms with Crippen LogP contribution in [-0.4, -0.2) is 44.5 Å². The number of amides is 1. The largest absolute Gasteiger partial charge is 0.416 e. The van der Waals surface area contributed by atoms with Crippen molar-refractivity contribution in [2.75, 3.05) is 13.1 Å². The highest BCUT2D eigenvalue weighted by Crippen LogP contribution is 2.30. The van der Waals surface area contributed by atoms with Gasteiger partial charge in [0.2, 0.25) is 15.9 Å². The normalized spacial score (nSPS) is 18.7. The Hall–Kier alpha value is -3.13. The van der Waals surface area contributed by atoms with Crippen LogP contribution >= 0.6 is 0 Å². The summed E-state index contributed by atoms with van der Waals surface area (Å²) in [6.07, 6.45) is 1.14. The minimum atomic E-state index is -4.50. The molecule has 3 rings (SSSR count). The number of carbonyl (C=O) groups excluding carboxylic acids is 1. The van der Waals surface area contributed by atoms with Gasteiger partial charge >= 0.3 is 6.18 Å². The number of nitrogens with zero attached hydrogens (tertiary/aromatic N) is 1. The van der Waals surface area contributed by atoms with Crippen LogP contribution < -0.4 is 4.72 Å². The van der Waals surface area contributed by atoms with E-state index in [1.165, 1.54) is 35.2 Å². The SMILES string of the molecule is C#Cc1cccc(S(=O)(=O)N[C@@H]2CN(C(=O)C=C)C[C@H]2OCc2cccc(C(F)(F)F)c2)c1. The molecule has 174 valence electrons. The molecule has 0 saturated carbocycles. The van der Waals surface area contributed by atoms with Crippen LogP contribution in [0.25, 0.3) is 0 Å². The highest BCUT2D eigenvalue weighted by molar-refractivity contribution is 7.89. The Bertz CT molecular complexity index is 1190. The van der Waals surface area contributed by atoms with Crippen LogP contribution in [-0.2, 0) is 32.3 Å². The van der Waals surface area contributed by atoms with Gasteiger partial charge in [0.1, 0.15) is 0 Å². The van der Waals surface area contributed by atoms with E-state index in [1.807, 2.05) is 0 Å². The second kappa shape index (κ2) is 9.79. The molecule has 0 unspecified atom stereocenters. The molecule has 0 aromatic heterocycles. The number of terminal acetylenes is 1. The zero-order valence-electron chi connectivity index (χ0n) is 17.4. The third-order valence-electron chi connectivity index (χ3n) is 5.09. The predicted octanol–water partition coefficient (Wildman–Crippen LogP) is 2.95. The van der Waals surface area contributed by atoms with E-state index in [2.05, 4.69) is 17.2 Å². The van der Waals surface area contributed by atoms with Crippen LogP contribution in [0.15, 0.2) is 66.1 Å². The molecule has 6 nitrogen and oxygen atoms in total. The minimum Gasteiger partial charge on any atom is -0.370 e. The molecule has 1 saturated heterocycles. The molecule has 1 aliphatic heterocycles. The predicted molar refractivity (Wildman–Crippen MR) is 115 cm³/mol. The van der Waals surface area contributed by atoms with Crippen LogP contribution in [0.4, 0.5) is 13.2 Å². The Morgan fingerprint density at radius 2 is 1.97 bits per heavy atom. The maximum atomic E-state index is 13.0. The lowest BCUT2D eigenvalue weighted by molar-refractivity contribution is -0.137. The molecule has 33 heavy (non-hydrogen) atoms. The van der Waals surface area contributed by atoms with E-state index in [9.17, 15) is 26.4 Å². The molecule has 1 fully saturated rings. The number of nitrogens with one attached hydrogen (secondary N) is 1. The van der Waals surface area contributed by atoms with Crippen molar-refractivity contribution in [2.24, 2.45) is 0 Å². The van der Waals surface area contributed by atoms with Crippen molar-refractivity contribution in [3.05, 3.63) is 77.9 Å². The number of carbonyl (C=O) groups is 1. The summed E-state index contributed by atoms with van der Waals surface area (Å²) in [5, 5.41) is 0. The first kappa shape index (κ1) is 24.5. The average molecular weight is 478 g/mol. The van der Waals surface area contributed by atoms with Crippen LogP contribution in [0.5, 0.6) is 0 Å². The fourth-order valence-electron chi connectivity index (χ4n) is 3.43. The fraction of sp³-hybridized carbons (Fsp3) is 0.261. The maximum Gasteiger partial charge on any atom is 0.416 e. The van der Waals surface area contributed by atoms with Crippen molar-refractivity contribution < 1.29 is 31.1 Å². The Balaban J connectivity index is 1.79. The molecule has 1 aliphatic rings. The molecule has 1 amide bonds. The molecule has 0 radical (unpaired) electrons. The van der Waals surface area contributed by atoms with E-state index in [-0.39, 0.29) is 30.2 Å². The van der Waals surface area contributed by atoms with E-state index in [0.717, 1.165) is 18.2 Å². The van der Waals surface area contributed by atoms with Crippen molar-refractivity contribution in [1.82, 2.24) is 9.62 Å². The van der Waals surface area contributed by atoms with E-state index in [4.69, 9.17) is 11.2 Å². The quantitative estimate of drug-likeness (QED) is 0.491. The maximum absolute atomic E-state index is 13.0. The summed E-state index contributed by atoms with van der Waals surface area (Å²) >= 11 is 0. The van der Waals surface area contributed by atoms with Gasteiger partial charge in [-0.25, -0.2) is 13.1 Å². The number of hydrogen-bond donors (Lipinski definition) is 1. The smallest absolute Gasteiger partial charge is 0.370 e. The number of alkyl halides is 3. The number of likely N-dealkylation sites (tertiary alicyclic amines) is 1. The molecule has 2 atom stereocenters. The fourth-order valence-corrected chi connectivity index (χ4v) is 4.73. The van der Waals surface area contributed by atoms with E-state index >= 15 is 0 Å². The van der Waals surface area contributed by atoms with E-state index in [1.54, 1.807) is 6.07 Å². The number of sulfonamides is 1. The highest BCUT2D eigenvalue weighted by atomic mass is 32.2. The minimum absolute atomic E-state index is 0.00612. The molecular weight excluding hydrogens is 457 g/mol. The van der Waals surface area contributed by atoms with Crippen LogP contribution in [0.2, 0.25) is 0 Å². The van der Waals surface area contributed by atoms with Gasteiger partial charge in [0, 0.05) is 18.7 Å². The summed E-state index contributed by atoms with van der Waals surface area (Å²) in [7, 11) is -4.01. The number of rotatable bonds is 7. The van der Waals surface area contributed by atoms with Crippen molar-refractivity contribution in [3.63, 3.8) is 0 Å². The number of halogens is 3. The Morgan fingerprint density at radius 1 is 1.24 bits per heavy atom. The lowest BCUT2D eigenvalue weighted by Crippen LogP contribution is -2.44. The number of benzene rings is 2. The molecule has 10 heteroatoms. The van der Waals surface area contributed by atoms with Crippen molar-refractivity contribution in [2.45, 2.75) is 29.8 Å². The third kappa shape index (κ3) is 6.01. The molecule has 0 spiro atoms. The number of ether oxygens (including phenoxy) is 1. The Kier molecular flexibility index (Phi) is 7.27. The van der Waals surface area contributed by atoms with Crippen molar-refractivity contribution in [3.8, 4) is 12.3 Å². The lowest BCUT2D eigenvalue weighted by atomic mass is 10.1. The summed E-state index contributed by atoms with van der Waals surface area (Å²) in [6, 6.07) is 9.62. The zero-order valence-corrected chi connectivity index (χ0v) is 18.2. The van der Waals surface area contributed by atoms with Crippen LogP contribution in [0.1, 0.15) is 16.7 Å². The summed E-state index contributed by atoms with van der Waals surface area (Å²) in [5.74, 6) is 1.95. The summed E-state index contributed by atoms with van der Waals surface area (Å²) in [6.45, 7) is 3.28. The van der Waals surface area contributed by atoms with Crippen LogP contribution in [0, 0.1) is 12.3 Å². The van der Waals surface area contributed by atoms with Crippen molar-refractivity contribution in [1.29, 1.82) is 0 Å². The van der Waals surface area contributed by atoms with Gasteiger partial charge in [-0.15, -0.1) is 6.42 Å². The molecular formula is C23H21F3N2O4S. The van der Waals surface area contributed by atoms with Gasteiger partial charge < -0.3 is 9.64 Å². The van der Waals surface area contributed by atoms with Gasteiger partial charge in [0.05, 0.1) is 29.2 Å². The van der Waals surface area contributed by atoms with Gasteiger partial charge in [-0.05, 0) is 42.0 Å². The average Bonchev–Trinajstić information content (AvgIpc) is 3.18. The first-order valence-electron chi connectivity index (χ1n) is 9.81. The molecule has 1 N–H and O–H groups in total. The Morgan fingerprint density at radius 3 is 2.64 bits per heavy atom. The van der Waals surface area contributed by atoms with Gasteiger partial charge in [0.25, 0.3) is 0 Å². The van der Waals surface area contributed by atoms with Gasteiger partial charge in [-0.1, -0.05) is 30.7 Å². The Labute approximate surface area is 190 Å². The van der Waals surface area contributed by atoms with Gasteiger partial charge in [-0.3, -0.25) is 4.79 Å². The monoisotopic (exact) mass is 478 g/mol. The van der Waals surface area contributed by atoms with E-state index in [0.29, 0.717) is 5.56 Å². The second-order valence-corrected chi connectivity index (χ2v) is 9.11. The van der Waals surface area contributed by atoms with Crippen LogP contribution in [0.3, 0.4) is 0 Å².